The average Bonchev–Trinajstić information content (AvgIpc) is 3.01. The fourth-order valence-electron chi connectivity index (χ4n) is 2.53. The lowest BCUT2D eigenvalue weighted by atomic mass is 10.0. The third-order valence-electron chi connectivity index (χ3n) is 3.55. The normalized spacial score (nSPS) is 21.3. The second kappa shape index (κ2) is 7.27. The summed E-state index contributed by atoms with van der Waals surface area (Å²) in [6.07, 6.45) is 6.60. The highest BCUT2D eigenvalue weighted by molar-refractivity contribution is 7.12. The number of rotatable bonds is 7. The third kappa shape index (κ3) is 4.08. The summed E-state index contributed by atoms with van der Waals surface area (Å²) >= 11 is 1.93. The minimum Gasteiger partial charge on any atom is -0.378 e. The number of hydrogen-bond acceptors (Lipinski definition) is 3. The van der Waals surface area contributed by atoms with Crippen LogP contribution in [0.15, 0.2) is 12.1 Å². The Morgan fingerprint density at radius 2 is 2.39 bits per heavy atom. The van der Waals surface area contributed by atoms with Crippen LogP contribution in [0.3, 0.4) is 0 Å². The minimum absolute atomic E-state index is 0.511. The van der Waals surface area contributed by atoms with Crippen molar-refractivity contribution in [3.05, 3.63) is 21.9 Å². The summed E-state index contributed by atoms with van der Waals surface area (Å²) in [6.45, 7) is 6.48. The molecule has 0 aromatic carbocycles. The van der Waals surface area contributed by atoms with Crippen molar-refractivity contribution < 1.29 is 4.74 Å². The lowest BCUT2D eigenvalue weighted by Gasteiger charge is -2.19. The van der Waals surface area contributed by atoms with E-state index in [1.165, 1.54) is 41.9 Å². The van der Waals surface area contributed by atoms with Gasteiger partial charge in [0.1, 0.15) is 0 Å². The molecule has 1 N–H and O–H groups in total. The standard InChI is InChI=1S/C15H25NOS/c1-3-10-16-14(15-9-6-12(2)18-15)8-7-13-5-4-11-17-13/h6,9,13-14,16H,3-5,7-8,10-11H2,1-2H3. The van der Waals surface area contributed by atoms with Crippen LogP contribution < -0.4 is 5.32 Å². The Morgan fingerprint density at radius 3 is 3.00 bits per heavy atom. The van der Waals surface area contributed by atoms with Gasteiger partial charge in [0.2, 0.25) is 0 Å². The third-order valence-corrected chi connectivity index (χ3v) is 4.66. The molecule has 2 nitrogen and oxygen atoms in total. The zero-order valence-corrected chi connectivity index (χ0v) is 12.4. The largest absolute Gasteiger partial charge is 0.378 e. The van der Waals surface area contributed by atoms with E-state index in [0.29, 0.717) is 12.1 Å². The first kappa shape index (κ1) is 14.0. The predicted molar refractivity (Wildman–Crippen MR) is 78.3 cm³/mol. The van der Waals surface area contributed by atoms with Gasteiger partial charge in [0.05, 0.1) is 6.10 Å². The van der Waals surface area contributed by atoms with E-state index < -0.39 is 0 Å². The molecule has 3 heteroatoms. The van der Waals surface area contributed by atoms with Gasteiger partial charge in [0.25, 0.3) is 0 Å². The monoisotopic (exact) mass is 267 g/mol. The molecule has 0 saturated carbocycles. The molecule has 102 valence electrons. The molecule has 0 spiro atoms. The van der Waals surface area contributed by atoms with Crippen molar-refractivity contribution in [1.82, 2.24) is 5.32 Å². The van der Waals surface area contributed by atoms with Crippen molar-refractivity contribution >= 4 is 11.3 Å². The van der Waals surface area contributed by atoms with E-state index in [9.17, 15) is 0 Å². The van der Waals surface area contributed by atoms with Crippen molar-refractivity contribution in [3.63, 3.8) is 0 Å². The van der Waals surface area contributed by atoms with E-state index in [4.69, 9.17) is 4.74 Å². The first-order chi connectivity index (χ1) is 8.79. The first-order valence-electron chi connectivity index (χ1n) is 7.21. The van der Waals surface area contributed by atoms with Crippen LogP contribution in [0.1, 0.15) is 54.8 Å². The van der Waals surface area contributed by atoms with Gasteiger partial charge in [-0.2, -0.15) is 0 Å². The Kier molecular flexibility index (Phi) is 5.67. The predicted octanol–water partition coefficient (Wildman–Crippen LogP) is 4.06. The zero-order chi connectivity index (χ0) is 12.8. The van der Waals surface area contributed by atoms with E-state index in [2.05, 4.69) is 31.3 Å². The summed E-state index contributed by atoms with van der Waals surface area (Å²) in [4.78, 5) is 2.89. The number of aryl methyl sites for hydroxylation is 1. The van der Waals surface area contributed by atoms with E-state index in [-0.39, 0.29) is 0 Å². The summed E-state index contributed by atoms with van der Waals surface area (Å²) in [5.74, 6) is 0. The topological polar surface area (TPSA) is 21.3 Å². The molecule has 0 radical (unpaired) electrons. The maximum Gasteiger partial charge on any atom is 0.0576 e. The molecule has 0 amide bonds. The maximum absolute atomic E-state index is 5.72. The van der Waals surface area contributed by atoms with Gasteiger partial charge in [0, 0.05) is 22.4 Å². The number of ether oxygens (including phenoxy) is 1. The van der Waals surface area contributed by atoms with Crippen molar-refractivity contribution in [1.29, 1.82) is 0 Å². The van der Waals surface area contributed by atoms with Gasteiger partial charge in [-0.25, -0.2) is 0 Å². The summed E-state index contributed by atoms with van der Waals surface area (Å²) in [5, 5.41) is 3.68. The van der Waals surface area contributed by atoms with Gasteiger partial charge in [-0.3, -0.25) is 0 Å². The molecule has 18 heavy (non-hydrogen) atoms. The van der Waals surface area contributed by atoms with E-state index >= 15 is 0 Å². The second-order valence-electron chi connectivity index (χ2n) is 5.17. The molecular weight excluding hydrogens is 242 g/mol. The zero-order valence-electron chi connectivity index (χ0n) is 11.6. The SMILES string of the molecule is CCCNC(CCC1CCCO1)c1ccc(C)s1. The van der Waals surface area contributed by atoms with Gasteiger partial charge in [-0.05, 0) is 57.7 Å². The Morgan fingerprint density at radius 1 is 1.50 bits per heavy atom. The average molecular weight is 267 g/mol. The molecule has 2 heterocycles. The fourth-order valence-corrected chi connectivity index (χ4v) is 3.52. The molecule has 2 atom stereocenters. The molecule has 0 aliphatic carbocycles. The molecule has 2 rings (SSSR count). The summed E-state index contributed by atoms with van der Waals surface area (Å²) in [6, 6.07) is 5.03. The van der Waals surface area contributed by atoms with Crippen LogP contribution in [0.5, 0.6) is 0 Å². The van der Waals surface area contributed by atoms with Crippen molar-refractivity contribution in [2.75, 3.05) is 13.2 Å². The van der Waals surface area contributed by atoms with Crippen LogP contribution in [0, 0.1) is 6.92 Å². The second-order valence-corrected chi connectivity index (χ2v) is 6.49. The molecule has 0 bridgehead atoms. The van der Waals surface area contributed by atoms with Gasteiger partial charge in [0.15, 0.2) is 0 Å². The summed E-state index contributed by atoms with van der Waals surface area (Å²) in [5.41, 5.74) is 0. The van der Waals surface area contributed by atoms with Crippen LogP contribution in [0.2, 0.25) is 0 Å². The molecule has 1 saturated heterocycles. The molecule has 1 aromatic heterocycles. The van der Waals surface area contributed by atoms with E-state index in [1.54, 1.807) is 0 Å². The summed E-state index contributed by atoms with van der Waals surface area (Å²) in [7, 11) is 0. The van der Waals surface area contributed by atoms with Crippen molar-refractivity contribution in [2.45, 2.75) is 58.1 Å². The Labute approximate surface area is 115 Å². The quantitative estimate of drug-likeness (QED) is 0.804. The first-order valence-corrected chi connectivity index (χ1v) is 8.02. The van der Waals surface area contributed by atoms with Crippen LogP contribution in [0.25, 0.3) is 0 Å². The van der Waals surface area contributed by atoms with Gasteiger partial charge >= 0.3 is 0 Å². The van der Waals surface area contributed by atoms with Crippen LogP contribution in [-0.2, 0) is 4.74 Å². The lowest BCUT2D eigenvalue weighted by molar-refractivity contribution is 0.0997. The molecule has 1 aromatic rings. The van der Waals surface area contributed by atoms with Crippen LogP contribution in [-0.4, -0.2) is 19.3 Å². The number of nitrogens with one attached hydrogen (secondary N) is 1. The smallest absolute Gasteiger partial charge is 0.0576 e. The van der Waals surface area contributed by atoms with Crippen LogP contribution >= 0.6 is 11.3 Å². The number of hydrogen-bond donors (Lipinski definition) is 1. The lowest BCUT2D eigenvalue weighted by Crippen LogP contribution is -2.22. The van der Waals surface area contributed by atoms with E-state index in [0.717, 1.165) is 13.2 Å². The highest BCUT2D eigenvalue weighted by atomic mass is 32.1. The van der Waals surface area contributed by atoms with Crippen molar-refractivity contribution in [2.24, 2.45) is 0 Å². The minimum atomic E-state index is 0.511. The Hall–Kier alpha value is -0.380. The highest BCUT2D eigenvalue weighted by Crippen LogP contribution is 2.28. The fraction of sp³-hybridized carbons (Fsp3) is 0.733. The molecule has 2 unspecified atom stereocenters. The Bertz CT molecular complexity index is 344. The van der Waals surface area contributed by atoms with Gasteiger partial charge in [-0.15, -0.1) is 11.3 Å². The molecular formula is C15H25NOS. The van der Waals surface area contributed by atoms with Gasteiger partial charge < -0.3 is 10.1 Å². The molecule has 1 aliphatic rings. The highest BCUT2D eigenvalue weighted by Gasteiger charge is 2.19. The summed E-state index contributed by atoms with van der Waals surface area (Å²) < 4.78 is 5.72. The molecule has 1 fully saturated rings. The van der Waals surface area contributed by atoms with E-state index in [1.807, 2.05) is 11.3 Å². The maximum atomic E-state index is 5.72. The molecule has 1 aliphatic heterocycles. The van der Waals surface area contributed by atoms with Crippen molar-refractivity contribution in [3.8, 4) is 0 Å². The Balaban J connectivity index is 1.87. The number of thiophene rings is 1. The van der Waals surface area contributed by atoms with Gasteiger partial charge in [-0.1, -0.05) is 6.92 Å². The van der Waals surface area contributed by atoms with Crippen LogP contribution in [0.4, 0.5) is 0 Å².